The highest BCUT2D eigenvalue weighted by atomic mass is 32.2. The molecule has 6 rings (SSSR count). The van der Waals surface area contributed by atoms with Gasteiger partial charge in [0.15, 0.2) is 15.5 Å². The normalized spacial score (nSPS) is 18.0. The Balaban J connectivity index is 1.30. The zero-order valence-electron chi connectivity index (χ0n) is 21.4. The molecule has 196 valence electrons. The molecule has 0 spiro atoms. The summed E-state index contributed by atoms with van der Waals surface area (Å²) in [6.07, 6.45) is 5.51. The van der Waals surface area contributed by atoms with E-state index in [1.807, 2.05) is 12.1 Å². The standard InChI is InChI=1S/C28H30N6O3S/c1-17(2)38(36,37)22-8-5-18(6-9-22)24-13-30-27-26(32-24)25(14-31-27)34-15-19-12-21(7-10-23(19)28(34)35)33-11-3-4-20(29)16-33/h5-10,12-14,17,20H,3-4,11,15-16,29H2,1-2H3,(H,30,31). The fourth-order valence-electron chi connectivity index (χ4n) is 5.25. The maximum absolute atomic E-state index is 13.4. The Morgan fingerprint density at radius 1 is 1.13 bits per heavy atom. The highest BCUT2D eigenvalue weighted by Crippen LogP contribution is 2.35. The lowest BCUT2D eigenvalue weighted by molar-refractivity contribution is 0.0997. The molecule has 1 fully saturated rings. The number of benzene rings is 2. The van der Waals surface area contributed by atoms with Gasteiger partial charge in [0.05, 0.1) is 34.3 Å². The third-order valence-electron chi connectivity index (χ3n) is 7.47. The van der Waals surface area contributed by atoms with Crippen LogP contribution in [0.15, 0.2) is 59.8 Å². The molecule has 10 heteroatoms. The monoisotopic (exact) mass is 530 g/mol. The van der Waals surface area contributed by atoms with E-state index in [-0.39, 0.29) is 16.8 Å². The van der Waals surface area contributed by atoms with Crippen LogP contribution < -0.4 is 15.5 Å². The number of fused-ring (bicyclic) bond motifs is 2. The summed E-state index contributed by atoms with van der Waals surface area (Å²) < 4.78 is 25.0. The smallest absolute Gasteiger partial charge is 0.259 e. The number of rotatable bonds is 5. The van der Waals surface area contributed by atoms with Crippen molar-refractivity contribution < 1.29 is 13.2 Å². The Morgan fingerprint density at radius 2 is 1.92 bits per heavy atom. The van der Waals surface area contributed by atoms with Gasteiger partial charge in [-0.3, -0.25) is 4.79 Å². The molecule has 1 saturated heterocycles. The molecule has 1 unspecified atom stereocenters. The summed E-state index contributed by atoms with van der Waals surface area (Å²) in [5.41, 5.74) is 12.1. The minimum absolute atomic E-state index is 0.0711. The summed E-state index contributed by atoms with van der Waals surface area (Å²) in [4.78, 5) is 30.2. The Bertz CT molecular complexity index is 1650. The van der Waals surface area contributed by atoms with Crippen molar-refractivity contribution in [1.82, 2.24) is 15.0 Å². The first kappa shape index (κ1) is 24.6. The predicted octanol–water partition coefficient (Wildman–Crippen LogP) is 3.89. The molecule has 4 heterocycles. The van der Waals surface area contributed by atoms with Crippen LogP contribution >= 0.6 is 0 Å². The van der Waals surface area contributed by atoms with Gasteiger partial charge in [0.1, 0.15) is 5.52 Å². The lowest BCUT2D eigenvalue weighted by Crippen LogP contribution is -2.42. The van der Waals surface area contributed by atoms with Gasteiger partial charge in [-0.2, -0.15) is 0 Å². The lowest BCUT2D eigenvalue weighted by Gasteiger charge is -2.32. The molecule has 2 aromatic carbocycles. The second kappa shape index (κ2) is 9.21. The molecule has 1 atom stereocenters. The molecule has 0 aliphatic carbocycles. The van der Waals surface area contributed by atoms with Gasteiger partial charge in [-0.25, -0.2) is 18.4 Å². The van der Waals surface area contributed by atoms with Gasteiger partial charge in [-0.1, -0.05) is 12.1 Å². The van der Waals surface area contributed by atoms with Crippen molar-refractivity contribution in [2.75, 3.05) is 22.9 Å². The number of anilines is 2. The number of H-pyrrole nitrogens is 1. The van der Waals surface area contributed by atoms with Crippen molar-refractivity contribution in [3.8, 4) is 11.3 Å². The third-order valence-corrected chi connectivity index (χ3v) is 9.64. The first-order valence-electron chi connectivity index (χ1n) is 12.9. The molecule has 38 heavy (non-hydrogen) atoms. The van der Waals surface area contributed by atoms with Crippen LogP contribution in [-0.2, 0) is 16.4 Å². The van der Waals surface area contributed by atoms with E-state index in [1.165, 1.54) is 0 Å². The number of aromatic nitrogens is 3. The molecule has 0 bridgehead atoms. The molecular weight excluding hydrogens is 500 g/mol. The highest BCUT2D eigenvalue weighted by molar-refractivity contribution is 7.92. The van der Waals surface area contributed by atoms with E-state index >= 15 is 0 Å². The minimum Gasteiger partial charge on any atom is -0.370 e. The SMILES string of the molecule is CC(C)S(=O)(=O)c1ccc(-c2cnc3[nH]cc(N4Cc5cc(N6CCCC(N)C6)ccc5C4=O)c3n2)cc1. The Morgan fingerprint density at radius 3 is 2.66 bits per heavy atom. The fraction of sp³-hybridized carbons (Fsp3) is 0.321. The number of amides is 1. The topological polar surface area (TPSA) is 125 Å². The number of carbonyl (C=O) groups excluding carboxylic acids is 1. The average molecular weight is 531 g/mol. The van der Waals surface area contributed by atoms with E-state index in [2.05, 4.69) is 20.9 Å². The zero-order chi connectivity index (χ0) is 26.6. The van der Waals surface area contributed by atoms with E-state index in [4.69, 9.17) is 10.7 Å². The van der Waals surface area contributed by atoms with E-state index in [9.17, 15) is 13.2 Å². The Hall–Kier alpha value is -3.76. The summed E-state index contributed by atoms with van der Waals surface area (Å²) in [5.74, 6) is -0.0711. The second-order valence-electron chi connectivity index (χ2n) is 10.3. The number of piperidine rings is 1. The van der Waals surface area contributed by atoms with Gasteiger partial charge in [0, 0.05) is 42.1 Å². The number of carbonyl (C=O) groups is 1. The van der Waals surface area contributed by atoms with Gasteiger partial charge >= 0.3 is 0 Å². The molecule has 0 radical (unpaired) electrons. The van der Waals surface area contributed by atoms with Crippen molar-refractivity contribution in [3.05, 3.63) is 66.0 Å². The van der Waals surface area contributed by atoms with E-state index in [0.29, 0.717) is 34.7 Å². The van der Waals surface area contributed by atoms with Crippen LogP contribution in [0.1, 0.15) is 42.6 Å². The molecular formula is C28H30N6O3S. The summed E-state index contributed by atoms with van der Waals surface area (Å²) >= 11 is 0. The van der Waals surface area contributed by atoms with E-state index in [0.717, 1.165) is 42.7 Å². The van der Waals surface area contributed by atoms with Gasteiger partial charge in [0.25, 0.3) is 5.91 Å². The number of nitrogens with zero attached hydrogens (tertiary/aromatic N) is 4. The molecule has 4 aromatic rings. The predicted molar refractivity (Wildman–Crippen MR) is 148 cm³/mol. The van der Waals surface area contributed by atoms with Crippen molar-refractivity contribution in [2.24, 2.45) is 5.73 Å². The molecule has 0 saturated carbocycles. The number of hydrogen-bond donors (Lipinski definition) is 2. The molecule has 3 N–H and O–H groups in total. The van der Waals surface area contributed by atoms with Crippen LogP contribution in [0.5, 0.6) is 0 Å². The highest BCUT2D eigenvalue weighted by Gasteiger charge is 2.32. The number of nitrogens with one attached hydrogen (secondary N) is 1. The van der Waals surface area contributed by atoms with Crippen LogP contribution in [0.3, 0.4) is 0 Å². The van der Waals surface area contributed by atoms with Crippen molar-refractivity contribution in [3.63, 3.8) is 0 Å². The largest absolute Gasteiger partial charge is 0.370 e. The molecule has 1 amide bonds. The lowest BCUT2D eigenvalue weighted by atomic mass is 10.0. The van der Waals surface area contributed by atoms with Crippen LogP contribution in [-0.4, -0.2) is 53.7 Å². The maximum Gasteiger partial charge on any atom is 0.259 e. The quantitative estimate of drug-likeness (QED) is 0.401. The Kier molecular flexibility index (Phi) is 5.96. The molecule has 2 aliphatic rings. The van der Waals surface area contributed by atoms with Crippen LogP contribution in [0.2, 0.25) is 0 Å². The maximum atomic E-state index is 13.4. The average Bonchev–Trinajstić information content (AvgIpc) is 3.48. The third kappa shape index (κ3) is 4.13. The summed E-state index contributed by atoms with van der Waals surface area (Å²) in [7, 11) is -3.36. The second-order valence-corrected chi connectivity index (χ2v) is 12.8. The van der Waals surface area contributed by atoms with E-state index in [1.54, 1.807) is 55.4 Å². The fourth-order valence-corrected chi connectivity index (χ4v) is 6.31. The first-order chi connectivity index (χ1) is 18.2. The number of sulfone groups is 1. The van der Waals surface area contributed by atoms with Crippen molar-refractivity contribution in [1.29, 1.82) is 0 Å². The summed E-state index contributed by atoms with van der Waals surface area (Å²) in [6, 6.07) is 12.9. The van der Waals surface area contributed by atoms with Gasteiger partial charge in [0.2, 0.25) is 0 Å². The van der Waals surface area contributed by atoms with Crippen molar-refractivity contribution >= 4 is 38.3 Å². The zero-order valence-corrected chi connectivity index (χ0v) is 22.2. The summed E-state index contributed by atoms with van der Waals surface area (Å²) in [5, 5.41) is -0.498. The number of nitrogens with two attached hydrogens (primary N) is 1. The van der Waals surface area contributed by atoms with Gasteiger partial charge in [-0.05, 0) is 62.6 Å². The molecule has 9 nitrogen and oxygen atoms in total. The first-order valence-corrected chi connectivity index (χ1v) is 14.4. The van der Waals surface area contributed by atoms with Crippen molar-refractivity contribution in [2.45, 2.75) is 49.4 Å². The minimum atomic E-state index is -3.36. The summed E-state index contributed by atoms with van der Waals surface area (Å²) in [6.45, 7) is 5.56. The van der Waals surface area contributed by atoms with Crippen LogP contribution in [0.4, 0.5) is 11.4 Å². The van der Waals surface area contributed by atoms with Gasteiger partial charge < -0.3 is 20.5 Å². The number of aromatic amines is 1. The van der Waals surface area contributed by atoms with Crippen LogP contribution in [0.25, 0.3) is 22.4 Å². The van der Waals surface area contributed by atoms with Crippen LogP contribution in [0, 0.1) is 0 Å². The Labute approximate surface area is 221 Å². The van der Waals surface area contributed by atoms with E-state index < -0.39 is 15.1 Å². The number of hydrogen-bond acceptors (Lipinski definition) is 7. The molecule has 2 aromatic heterocycles. The molecule has 2 aliphatic heterocycles. The van der Waals surface area contributed by atoms with Gasteiger partial charge in [-0.15, -0.1) is 0 Å².